The van der Waals surface area contributed by atoms with Crippen molar-refractivity contribution in [3.63, 3.8) is 0 Å². The monoisotopic (exact) mass is 291 g/mol. The lowest BCUT2D eigenvalue weighted by molar-refractivity contribution is 0.0697. The van der Waals surface area contributed by atoms with Gasteiger partial charge in [0.05, 0.1) is 15.8 Å². The van der Waals surface area contributed by atoms with Crippen LogP contribution >= 0.6 is 11.3 Å². The molecule has 0 saturated heterocycles. The molecule has 0 amide bonds. The van der Waals surface area contributed by atoms with Crippen molar-refractivity contribution in [2.24, 2.45) is 0 Å². The van der Waals surface area contributed by atoms with Crippen molar-refractivity contribution in [2.75, 3.05) is 0 Å². The number of benzene rings is 2. The van der Waals surface area contributed by atoms with Gasteiger partial charge < -0.3 is 5.11 Å². The van der Waals surface area contributed by atoms with Crippen LogP contribution in [0.15, 0.2) is 36.4 Å². The Morgan fingerprint density at radius 3 is 2.45 bits per heavy atom. The number of carboxylic acid groups (broad SMARTS) is 1. The van der Waals surface area contributed by atoms with Crippen LogP contribution in [0.3, 0.4) is 0 Å². The maximum Gasteiger partial charge on any atom is 0.335 e. The number of fused-ring (bicyclic) bond motifs is 1. The van der Waals surface area contributed by atoms with E-state index >= 15 is 0 Å². The van der Waals surface area contributed by atoms with E-state index in [-0.39, 0.29) is 5.56 Å². The normalized spacial score (nSPS) is 10.9. The van der Waals surface area contributed by atoms with Crippen LogP contribution in [0.2, 0.25) is 0 Å². The van der Waals surface area contributed by atoms with E-state index in [9.17, 15) is 13.6 Å². The number of nitrogens with zero attached hydrogens (tertiary/aromatic N) is 1. The molecule has 100 valence electrons. The summed E-state index contributed by atoms with van der Waals surface area (Å²) in [5.74, 6) is -2.38. The molecule has 0 fully saturated rings. The van der Waals surface area contributed by atoms with Crippen LogP contribution in [0.25, 0.3) is 20.8 Å². The molecule has 1 N–H and O–H groups in total. The summed E-state index contributed by atoms with van der Waals surface area (Å²) in [5, 5.41) is 9.37. The fourth-order valence-corrected chi connectivity index (χ4v) is 2.85. The Labute approximate surface area is 116 Å². The number of carbonyl (C=O) groups is 1. The van der Waals surface area contributed by atoms with Gasteiger partial charge in [-0.25, -0.2) is 18.6 Å². The number of thiazole rings is 1. The first-order valence-electron chi connectivity index (χ1n) is 5.63. The van der Waals surface area contributed by atoms with Crippen molar-refractivity contribution in [3.05, 3.63) is 53.6 Å². The molecule has 20 heavy (non-hydrogen) atoms. The lowest BCUT2D eigenvalue weighted by Gasteiger charge is -1.96. The van der Waals surface area contributed by atoms with Gasteiger partial charge in [-0.1, -0.05) is 0 Å². The summed E-state index contributed by atoms with van der Waals surface area (Å²) in [6, 6.07) is 7.69. The van der Waals surface area contributed by atoms with Crippen LogP contribution in [0.1, 0.15) is 10.4 Å². The first kappa shape index (κ1) is 12.7. The van der Waals surface area contributed by atoms with E-state index in [1.54, 1.807) is 6.07 Å². The van der Waals surface area contributed by atoms with Crippen molar-refractivity contribution in [1.82, 2.24) is 4.98 Å². The second-order valence-electron chi connectivity index (χ2n) is 4.16. The molecular formula is C14H7F2NO2S. The molecule has 0 atom stereocenters. The molecule has 1 heterocycles. The molecule has 3 rings (SSSR count). The second-order valence-corrected chi connectivity index (χ2v) is 5.20. The number of hydrogen-bond donors (Lipinski definition) is 1. The van der Waals surface area contributed by atoms with Gasteiger partial charge >= 0.3 is 5.97 Å². The minimum Gasteiger partial charge on any atom is -0.478 e. The topological polar surface area (TPSA) is 50.2 Å². The molecule has 3 aromatic rings. The molecule has 0 saturated carbocycles. The molecular weight excluding hydrogens is 284 g/mol. The summed E-state index contributed by atoms with van der Waals surface area (Å²) in [4.78, 5) is 15.2. The Morgan fingerprint density at radius 2 is 1.80 bits per heavy atom. The molecule has 0 spiro atoms. The lowest BCUT2D eigenvalue weighted by Crippen LogP contribution is -1.94. The van der Waals surface area contributed by atoms with Crippen LogP contribution in [0.5, 0.6) is 0 Å². The maximum absolute atomic E-state index is 13.2. The summed E-state index contributed by atoms with van der Waals surface area (Å²) in [7, 11) is 0. The van der Waals surface area contributed by atoms with E-state index < -0.39 is 17.6 Å². The summed E-state index contributed by atoms with van der Waals surface area (Å²) < 4.78 is 27.1. The highest BCUT2D eigenvalue weighted by Gasteiger charge is 2.11. The second kappa shape index (κ2) is 4.64. The Kier molecular flexibility index (Phi) is 2.94. The van der Waals surface area contributed by atoms with Gasteiger partial charge in [0.1, 0.15) is 16.6 Å². The number of halogens is 2. The van der Waals surface area contributed by atoms with Crippen molar-refractivity contribution in [2.45, 2.75) is 0 Å². The standard InChI is InChI=1S/C14H7F2NO2S/c15-9-3-8(4-10(16)6-9)13-17-11-2-1-7(14(18)19)5-12(11)20-13/h1-6H,(H,18,19). The van der Waals surface area contributed by atoms with Crippen molar-refractivity contribution < 1.29 is 18.7 Å². The van der Waals surface area contributed by atoms with Crippen LogP contribution in [0.4, 0.5) is 8.78 Å². The Bertz CT molecular complexity index is 809. The van der Waals surface area contributed by atoms with E-state index in [1.165, 1.54) is 35.6 Å². The molecule has 0 unspecified atom stereocenters. The zero-order valence-electron chi connectivity index (χ0n) is 9.93. The Balaban J connectivity index is 2.15. The van der Waals surface area contributed by atoms with E-state index in [0.29, 0.717) is 20.8 Å². The zero-order valence-corrected chi connectivity index (χ0v) is 10.7. The summed E-state index contributed by atoms with van der Waals surface area (Å²) in [5.41, 5.74) is 1.08. The highest BCUT2D eigenvalue weighted by Crippen LogP contribution is 2.31. The van der Waals surface area contributed by atoms with Gasteiger partial charge in [0.25, 0.3) is 0 Å². The van der Waals surface area contributed by atoms with Crippen LogP contribution in [-0.2, 0) is 0 Å². The van der Waals surface area contributed by atoms with Crippen LogP contribution < -0.4 is 0 Å². The van der Waals surface area contributed by atoms with E-state index in [0.717, 1.165) is 6.07 Å². The molecule has 1 aromatic heterocycles. The predicted molar refractivity (Wildman–Crippen MR) is 71.9 cm³/mol. The number of carboxylic acids is 1. The molecule has 0 aliphatic heterocycles. The minimum atomic E-state index is -1.03. The highest BCUT2D eigenvalue weighted by molar-refractivity contribution is 7.21. The zero-order chi connectivity index (χ0) is 14.3. The number of hydrogen-bond acceptors (Lipinski definition) is 3. The van der Waals surface area contributed by atoms with Crippen molar-refractivity contribution >= 4 is 27.5 Å². The van der Waals surface area contributed by atoms with Gasteiger partial charge in [0.2, 0.25) is 0 Å². The highest BCUT2D eigenvalue weighted by atomic mass is 32.1. The fraction of sp³-hybridized carbons (Fsp3) is 0. The smallest absolute Gasteiger partial charge is 0.335 e. The van der Waals surface area contributed by atoms with Gasteiger partial charge in [-0.05, 0) is 30.3 Å². The Hall–Kier alpha value is -2.34. The largest absolute Gasteiger partial charge is 0.478 e. The average molecular weight is 291 g/mol. The quantitative estimate of drug-likeness (QED) is 0.778. The van der Waals surface area contributed by atoms with Crippen LogP contribution in [0, 0.1) is 11.6 Å². The summed E-state index contributed by atoms with van der Waals surface area (Å²) in [6.45, 7) is 0. The number of aromatic nitrogens is 1. The van der Waals surface area contributed by atoms with E-state index in [2.05, 4.69) is 4.98 Å². The third kappa shape index (κ3) is 2.25. The average Bonchev–Trinajstić information content (AvgIpc) is 2.80. The third-order valence-electron chi connectivity index (χ3n) is 2.74. The van der Waals surface area contributed by atoms with Crippen molar-refractivity contribution in [1.29, 1.82) is 0 Å². The number of aromatic carboxylic acids is 1. The molecule has 3 nitrogen and oxygen atoms in total. The van der Waals surface area contributed by atoms with Crippen LogP contribution in [-0.4, -0.2) is 16.1 Å². The van der Waals surface area contributed by atoms with Gasteiger partial charge in [-0.3, -0.25) is 0 Å². The fourth-order valence-electron chi connectivity index (χ4n) is 1.86. The maximum atomic E-state index is 13.2. The SMILES string of the molecule is O=C(O)c1ccc2nc(-c3cc(F)cc(F)c3)sc2c1. The molecule has 6 heteroatoms. The van der Waals surface area contributed by atoms with Gasteiger partial charge in [-0.2, -0.15) is 0 Å². The molecule has 0 aliphatic carbocycles. The molecule has 2 aromatic carbocycles. The lowest BCUT2D eigenvalue weighted by atomic mass is 10.2. The first-order chi connectivity index (χ1) is 9.52. The van der Waals surface area contributed by atoms with E-state index in [4.69, 9.17) is 5.11 Å². The molecule has 0 radical (unpaired) electrons. The van der Waals surface area contributed by atoms with Crippen molar-refractivity contribution in [3.8, 4) is 10.6 Å². The number of rotatable bonds is 2. The first-order valence-corrected chi connectivity index (χ1v) is 6.45. The third-order valence-corrected chi connectivity index (χ3v) is 3.81. The molecule has 0 bridgehead atoms. The predicted octanol–water partition coefficient (Wildman–Crippen LogP) is 3.94. The summed E-state index contributed by atoms with van der Waals surface area (Å²) >= 11 is 1.19. The van der Waals surface area contributed by atoms with E-state index in [1.807, 2.05) is 0 Å². The summed E-state index contributed by atoms with van der Waals surface area (Å²) in [6.07, 6.45) is 0. The van der Waals surface area contributed by atoms with Gasteiger partial charge in [0.15, 0.2) is 0 Å². The molecule has 0 aliphatic rings. The van der Waals surface area contributed by atoms with Gasteiger partial charge in [-0.15, -0.1) is 11.3 Å². The minimum absolute atomic E-state index is 0.151. The Morgan fingerprint density at radius 1 is 1.10 bits per heavy atom. The van der Waals surface area contributed by atoms with Gasteiger partial charge in [0, 0.05) is 11.6 Å².